The summed E-state index contributed by atoms with van der Waals surface area (Å²) in [5, 5.41) is 14.6. The second kappa shape index (κ2) is 8.48. The molecule has 10 nitrogen and oxygen atoms in total. The minimum atomic E-state index is -3.83. The fourth-order valence-corrected chi connectivity index (χ4v) is 4.23. The Labute approximate surface area is 163 Å². The molecule has 0 saturated carbocycles. The molecule has 2 aromatic rings. The molecule has 0 bridgehead atoms. The molecule has 0 radical (unpaired) electrons. The average Bonchev–Trinajstić information content (AvgIpc) is 2.65. The van der Waals surface area contributed by atoms with Crippen LogP contribution in [0.5, 0.6) is 0 Å². The smallest absolute Gasteiger partial charge is 0.240 e. The van der Waals surface area contributed by atoms with Crippen LogP contribution in [0.15, 0.2) is 58.3 Å². The van der Waals surface area contributed by atoms with Gasteiger partial charge >= 0.3 is 0 Å². The molecule has 28 heavy (non-hydrogen) atoms. The monoisotopic (exact) mass is 424 g/mol. The maximum atomic E-state index is 12.2. The highest BCUT2D eigenvalue weighted by molar-refractivity contribution is 7.89. The number of nitrogens with one attached hydrogen (secondary N) is 4. The van der Waals surface area contributed by atoms with E-state index in [-0.39, 0.29) is 34.6 Å². The van der Waals surface area contributed by atoms with E-state index < -0.39 is 20.0 Å². The highest BCUT2D eigenvalue weighted by Crippen LogP contribution is 2.11. The van der Waals surface area contributed by atoms with Crippen molar-refractivity contribution >= 4 is 31.7 Å². The second-order valence-corrected chi connectivity index (χ2v) is 9.21. The van der Waals surface area contributed by atoms with Gasteiger partial charge in [-0.1, -0.05) is 0 Å². The molecule has 2 rings (SSSR count). The maximum absolute atomic E-state index is 12.2. The Kier molecular flexibility index (Phi) is 6.51. The molecular weight excluding hydrogens is 404 g/mol. The van der Waals surface area contributed by atoms with Crippen LogP contribution < -0.4 is 20.9 Å². The SMILES string of the molecule is N=C(N)c1ccc(S(=O)(=O)NCCNS(=O)(=O)c2ccc(C(=N)N)cc2)cc1. The number of hydrogen-bond acceptors (Lipinski definition) is 6. The van der Waals surface area contributed by atoms with Gasteiger partial charge in [-0.05, 0) is 48.5 Å². The van der Waals surface area contributed by atoms with Gasteiger partial charge in [0.2, 0.25) is 20.0 Å². The van der Waals surface area contributed by atoms with Crippen molar-refractivity contribution in [1.82, 2.24) is 9.44 Å². The van der Waals surface area contributed by atoms with Crippen molar-refractivity contribution in [2.45, 2.75) is 9.79 Å². The Morgan fingerprint density at radius 1 is 0.679 bits per heavy atom. The van der Waals surface area contributed by atoms with E-state index in [2.05, 4.69) is 9.44 Å². The topological polar surface area (TPSA) is 192 Å². The molecule has 0 amide bonds. The lowest BCUT2D eigenvalue weighted by Crippen LogP contribution is -2.34. The summed E-state index contributed by atoms with van der Waals surface area (Å²) in [6, 6.07) is 10.8. The Balaban J connectivity index is 1.95. The van der Waals surface area contributed by atoms with Crippen LogP contribution in [0.2, 0.25) is 0 Å². The quantitative estimate of drug-likeness (QED) is 0.179. The van der Waals surface area contributed by atoms with Crippen molar-refractivity contribution < 1.29 is 16.8 Å². The van der Waals surface area contributed by atoms with Crippen molar-refractivity contribution in [3.63, 3.8) is 0 Å². The molecular formula is C16H20N6O4S2. The Morgan fingerprint density at radius 3 is 1.21 bits per heavy atom. The third kappa shape index (κ3) is 5.36. The molecule has 8 N–H and O–H groups in total. The zero-order valence-corrected chi connectivity index (χ0v) is 16.3. The Hall–Kier alpha value is -2.80. The maximum Gasteiger partial charge on any atom is 0.240 e. The van der Waals surface area contributed by atoms with Crippen LogP contribution in [-0.2, 0) is 20.0 Å². The van der Waals surface area contributed by atoms with Crippen molar-refractivity contribution in [2.24, 2.45) is 11.5 Å². The number of benzene rings is 2. The lowest BCUT2D eigenvalue weighted by Gasteiger charge is -2.09. The number of nitrogen functional groups attached to an aromatic ring is 2. The number of amidine groups is 2. The van der Waals surface area contributed by atoms with E-state index in [1.807, 2.05) is 0 Å². The first kappa shape index (κ1) is 21.5. The molecule has 0 heterocycles. The predicted octanol–water partition coefficient (Wildman–Crippen LogP) is -0.488. The van der Waals surface area contributed by atoms with Crippen molar-refractivity contribution in [3.8, 4) is 0 Å². The summed E-state index contributed by atoms with van der Waals surface area (Å²) in [4.78, 5) is -0.0552. The van der Waals surface area contributed by atoms with Crippen LogP contribution >= 0.6 is 0 Å². The first-order valence-corrected chi connectivity index (χ1v) is 10.9. The molecule has 0 aliphatic heterocycles. The van der Waals surface area contributed by atoms with Crippen LogP contribution in [0.25, 0.3) is 0 Å². The summed E-state index contributed by atoms with van der Waals surface area (Å²) in [7, 11) is -7.67. The third-order valence-corrected chi connectivity index (χ3v) is 6.61. The Bertz CT molecular complexity index is 989. The minimum absolute atomic E-state index is 0.0276. The van der Waals surface area contributed by atoms with Gasteiger partial charge in [-0.3, -0.25) is 10.8 Å². The summed E-state index contributed by atoms with van der Waals surface area (Å²) in [6.45, 7) is -0.330. The number of rotatable bonds is 9. The van der Waals surface area contributed by atoms with E-state index in [1.165, 1.54) is 48.5 Å². The summed E-state index contributed by atoms with van der Waals surface area (Å²) >= 11 is 0. The average molecular weight is 425 g/mol. The van der Waals surface area contributed by atoms with Gasteiger partial charge in [0.25, 0.3) is 0 Å². The molecule has 12 heteroatoms. The van der Waals surface area contributed by atoms with E-state index in [4.69, 9.17) is 22.3 Å². The molecule has 0 fully saturated rings. The van der Waals surface area contributed by atoms with Gasteiger partial charge < -0.3 is 11.5 Å². The molecule has 2 aromatic carbocycles. The first-order chi connectivity index (χ1) is 13.0. The Morgan fingerprint density at radius 2 is 0.964 bits per heavy atom. The molecule has 0 aromatic heterocycles. The number of hydrogen-bond donors (Lipinski definition) is 6. The normalized spacial score (nSPS) is 11.9. The van der Waals surface area contributed by atoms with E-state index >= 15 is 0 Å². The fraction of sp³-hybridized carbons (Fsp3) is 0.125. The minimum Gasteiger partial charge on any atom is -0.384 e. The summed E-state index contributed by atoms with van der Waals surface area (Å²) in [5.74, 6) is -0.356. The standard InChI is InChI=1S/C16H20N6O4S2/c17-15(18)11-1-5-13(6-2-11)27(23,24)21-9-10-22-28(25,26)14-7-3-12(4-8-14)16(19)20/h1-8,21-22H,9-10H2,(H3,17,18)(H3,19,20). The second-order valence-electron chi connectivity index (χ2n) is 5.67. The van der Waals surface area contributed by atoms with Gasteiger partial charge in [-0.25, -0.2) is 26.3 Å². The lowest BCUT2D eigenvalue weighted by atomic mass is 10.2. The van der Waals surface area contributed by atoms with Crippen LogP contribution in [0.1, 0.15) is 11.1 Å². The van der Waals surface area contributed by atoms with Crippen LogP contribution in [0.3, 0.4) is 0 Å². The van der Waals surface area contributed by atoms with E-state index in [1.54, 1.807) is 0 Å². The van der Waals surface area contributed by atoms with Crippen molar-refractivity contribution in [2.75, 3.05) is 13.1 Å². The van der Waals surface area contributed by atoms with Crippen molar-refractivity contribution in [3.05, 3.63) is 59.7 Å². The molecule has 150 valence electrons. The first-order valence-electron chi connectivity index (χ1n) is 7.91. The predicted molar refractivity (Wildman–Crippen MR) is 105 cm³/mol. The number of sulfonamides is 2. The van der Waals surface area contributed by atoms with Gasteiger partial charge in [0.15, 0.2) is 0 Å². The molecule has 0 spiro atoms. The van der Waals surface area contributed by atoms with Gasteiger partial charge in [0.1, 0.15) is 11.7 Å². The van der Waals surface area contributed by atoms with Gasteiger partial charge in [0.05, 0.1) is 9.79 Å². The zero-order chi connectivity index (χ0) is 20.9. The van der Waals surface area contributed by atoms with Crippen LogP contribution in [-0.4, -0.2) is 41.6 Å². The molecule has 0 saturated heterocycles. The third-order valence-electron chi connectivity index (χ3n) is 3.66. The van der Waals surface area contributed by atoms with Gasteiger partial charge in [-0.2, -0.15) is 0 Å². The van der Waals surface area contributed by atoms with E-state index in [0.717, 1.165) is 0 Å². The van der Waals surface area contributed by atoms with Crippen molar-refractivity contribution in [1.29, 1.82) is 10.8 Å². The largest absolute Gasteiger partial charge is 0.384 e. The van der Waals surface area contributed by atoms with Gasteiger partial charge in [0, 0.05) is 24.2 Å². The molecule has 0 unspecified atom stereocenters. The van der Waals surface area contributed by atoms with Crippen LogP contribution in [0, 0.1) is 10.8 Å². The molecule has 0 atom stereocenters. The van der Waals surface area contributed by atoms with E-state index in [9.17, 15) is 16.8 Å². The molecule has 0 aliphatic carbocycles. The summed E-state index contributed by atoms with van der Waals surface area (Å²) in [6.07, 6.45) is 0. The highest BCUT2D eigenvalue weighted by Gasteiger charge is 2.16. The summed E-state index contributed by atoms with van der Waals surface area (Å²) in [5.41, 5.74) is 11.4. The zero-order valence-electron chi connectivity index (χ0n) is 14.6. The molecule has 0 aliphatic rings. The lowest BCUT2D eigenvalue weighted by molar-refractivity contribution is 0.570. The summed E-state index contributed by atoms with van der Waals surface area (Å²) < 4.78 is 53.4. The fourth-order valence-electron chi connectivity index (χ4n) is 2.16. The van der Waals surface area contributed by atoms with Crippen LogP contribution in [0.4, 0.5) is 0 Å². The highest BCUT2D eigenvalue weighted by atomic mass is 32.2. The van der Waals surface area contributed by atoms with Gasteiger partial charge in [-0.15, -0.1) is 0 Å². The van der Waals surface area contributed by atoms with E-state index in [0.29, 0.717) is 11.1 Å². The number of nitrogens with two attached hydrogens (primary N) is 2.